The molecule has 0 N–H and O–H groups in total. The zero-order valence-corrected chi connectivity index (χ0v) is 13.6. The van der Waals surface area contributed by atoms with Gasteiger partial charge in [-0.25, -0.2) is 0 Å². The van der Waals surface area contributed by atoms with Crippen molar-refractivity contribution in [2.24, 2.45) is 0 Å². The van der Waals surface area contributed by atoms with Gasteiger partial charge in [-0.1, -0.05) is 83.5 Å². The maximum absolute atomic E-state index is 2.30. The maximum atomic E-state index is 2.30. The van der Waals surface area contributed by atoms with E-state index in [1.165, 1.54) is 39.0 Å². The van der Waals surface area contributed by atoms with E-state index in [-0.39, 0.29) is 0 Å². The van der Waals surface area contributed by atoms with Crippen molar-refractivity contribution in [3.63, 3.8) is 0 Å². The molecule has 0 saturated heterocycles. The molecule has 1 aliphatic carbocycles. The van der Waals surface area contributed by atoms with Crippen molar-refractivity contribution in [2.45, 2.75) is 27.2 Å². The Hall–Kier alpha value is -2.34. The van der Waals surface area contributed by atoms with Crippen LogP contribution in [0.3, 0.4) is 0 Å². The number of allylic oxidation sites excluding steroid dienone is 5. The third-order valence-corrected chi connectivity index (χ3v) is 4.19. The van der Waals surface area contributed by atoms with Gasteiger partial charge in [0.15, 0.2) is 0 Å². The average molecular weight is 286 g/mol. The first kappa shape index (κ1) is 14.6. The van der Waals surface area contributed by atoms with Gasteiger partial charge in [0.25, 0.3) is 0 Å². The van der Waals surface area contributed by atoms with E-state index >= 15 is 0 Å². The molecule has 3 rings (SSSR count). The Balaban J connectivity index is 2.14. The third kappa shape index (κ3) is 3.12. The Morgan fingerprint density at radius 1 is 0.682 bits per heavy atom. The fraction of sp³-hybridized carbons (Fsp3) is 0.182. The zero-order valence-electron chi connectivity index (χ0n) is 13.6. The van der Waals surface area contributed by atoms with Crippen LogP contribution in [0, 0.1) is 13.8 Å². The van der Waals surface area contributed by atoms with Gasteiger partial charge in [0.2, 0.25) is 0 Å². The number of rotatable bonds is 2. The molecule has 0 bridgehead atoms. The third-order valence-electron chi connectivity index (χ3n) is 4.19. The van der Waals surface area contributed by atoms with Gasteiger partial charge in [-0.15, -0.1) is 0 Å². The summed E-state index contributed by atoms with van der Waals surface area (Å²) >= 11 is 0. The monoisotopic (exact) mass is 286 g/mol. The summed E-state index contributed by atoms with van der Waals surface area (Å²) in [6.07, 6.45) is 7.78. The van der Waals surface area contributed by atoms with E-state index in [4.69, 9.17) is 0 Å². The van der Waals surface area contributed by atoms with Gasteiger partial charge < -0.3 is 0 Å². The highest BCUT2D eigenvalue weighted by Crippen LogP contribution is 2.31. The smallest absolute Gasteiger partial charge is 0.00762 e. The summed E-state index contributed by atoms with van der Waals surface area (Å²) in [6, 6.07) is 17.7. The Bertz CT molecular complexity index is 703. The lowest BCUT2D eigenvalue weighted by atomic mass is 9.88. The molecule has 0 heteroatoms. The molecule has 0 heterocycles. The van der Waals surface area contributed by atoms with E-state index in [0.29, 0.717) is 0 Å². The molecule has 0 atom stereocenters. The molecule has 0 spiro atoms. The molecule has 0 aliphatic heterocycles. The first-order valence-corrected chi connectivity index (χ1v) is 7.85. The molecule has 2 aromatic rings. The topological polar surface area (TPSA) is 0 Å². The van der Waals surface area contributed by atoms with Crippen LogP contribution in [0.5, 0.6) is 0 Å². The van der Waals surface area contributed by atoms with E-state index in [0.717, 1.165) is 6.42 Å². The summed E-state index contributed by atoms with van der Waals surface area (Å²) in [6.45, 7) is 6.43. The summed E-state index contributed by atoms with van der Waals surface area (Å²) < 4.78 is 0. The fourth-order valence-corrected chi connectivity index (χ4v) is 2.80. The lowest BCUT2D eigenvalue weighted by Crippen LogP contribution is -1.96. The lowest BCUT2D eigenvalue weighted by molar-refractivity contribution is 1.21. The minimum atomic E-state index is 0.999. The largest absolute Gasteiger partial charge is 0.0772 e. The summed E-state index contributed by atoms with van der Waals surface area (Å²) in [5.74, 6) is 0. The standard InChI is InChI=1S/C22H22/c1-16-4-10-19(11-5-16)22(20-12-6-17(2)7-13-20)21-14-8-18(3)9-15-21/h4-14H,15H2,1-3H3. The molecule has 2 aromatic carbocycles. The van der Waals surface area contributed by atoms with Gasteiger partial charge >= 0.3 is 0 Å². The van der Waals surface area contributed by atoms with Crippen LogP contribution in [-0.2, 0) is 0 Å². The van der Waals surface area contributed by atoms with E-state index in [1.54, 1.807) is 0 Å². The van der Waals surface area contributed by atoms with Gasteiger partial charge in [-0.3, -0.25) is 0 Å². The van der Waals surface area contributed by atoms with Gasteiger partial charge in [-0.2, -0.15) is 0 Å². The molecule has 0 saturated carbocycles. The number of hydrogen-bond acceptors (Lipinski definition) is 0. The molecule has 0 amide bonds. The minimum Gasteiger partial charge on any atom is -0.0772 e. The normalized spacial score (nSPS) is 14.0. The predicted octanol–water partition coefficient (Wildman–Crippen LogP) is 6.01. The molecule has 0 aromatic heterocycles. The van der Waals surface area contributed by atoms with Crippen molar-refractivity contribution in [2.75, 3.05) is 0 Å². The zero-order chi connectivity index (χ0) is 15.5. The van der Waals surface area contributed by atoms with Gasteiger partial charge in [-0.05, 0) is 49.5 Å². The average Bonchev–Trinajstić information content (AvgIpc) is 2.53. The van der Waals surface area contributed by atoms with E-state index in [2.05, 4.69) is 87.5 Å². The molecule has 0 fully saturated rings. The molecular weight excluding hydrogens is 264 g/mol. The van der Waals surface area contributed by atoms with Gasteiger partial charge in [0, 0.05) is 0 Å². The van der Waals surface area contributed by atoms with E-state index in [1.807, 2.05) is 0 Å². The SMILES string of the molecule is CC1=CCC(=C(c2ccc(C)cc2)c2ccc(C)cc2)C=C1. The minimum absolute atomic E-state index is 0.999. The quantitative estimate of drug-likeness (QED) is 0.634. The van der Waals surface area contributed by atoms with E-state index in [9.17, 15) is 0 Å². The summed E-state index contributed by atoms with van der Waals surface area (Å²) in [7, 11) is 0. The highest BCUT2D eigenvalue weighted by molar-refractivity contribution is 5.84. The van der Waals surface area contributed by atoms with Crippen LogP contribution < -0.4 is 0 Å². The van der Waals surface area contributed by atoms with Crippen LogP contribution in [0.25, 0.3) is 5.57 Å². The van der Waals surface area contributed by atoms with Crippen molar-refractivity contribution in [3.8, 4) is 0 Å². The van der Waals surface area contributed by atoms with Crippen molar-refractivity contribution in [1.29, 1.82) is 0 Å². The first-order valence-electron chi connectivity index (χ1n) is 7.85. The number of aryl methyl sites for hydroxylation is 2. The van der Waals surface area contributed by atoms with E-state index < -0.39 is 0 Å². The highest BCUT2D eigenvalue weighted by atomic mass is 14.2. The van der Waals surface area contributed by atoms with Gasteiger partial charge in [0.05, 0.1) is 0 Å². The van der Waals surface area contributed by atoms with Crippen molar-refractivity contribution in [1.82, 2.24) is 0 Å². The molecular formula is C22H22. The second-order valence-electron chi connectivity index (χ2n) is 6.12. The molecule has 0 unspecified atom stereocenters. The van der Waals surface area contributed by atoms with Crippen molar-refractivity contribution < 1.29 is 0 Å². The van der Waals surface area contributed by atoms with Crippen LogP contribution >= 0.6 is 0 Å². The highest BCUT2D eigenvalue weighted by Gasteiger charge is 2.11. The number of hydrogen-bond donors (Lipinski definition) is 0. The molecule has 0 nitrogen and oxygen atoms in total. The van der Waals surface area contributed by atoms with Crippen LogP contribution in [0.2, 0.25) is 0 Å². The molecule has 110 valence electrons. The van der Waals surface area contributed by atoms with Crippen molar-refractivity contribution >= 4 is 5.57 Å². The number of benzene rings is 2. The Morgan fingerprint density at radius 3 is 1.59 bits per heavy atom. The fourth-order valence-electron chi connectivity index (χ4n) is 2.80. The second-order valence-corrected chi connectivity index (χ2v) is 6.12. The lowest BCUT2D eigenvalue weighted by Gasteiger charge is -2.16. The summed E-state index contributed by atoms with van der Waals surface area (Å²) in [5.41, 5.74) is 9.26. The summed E-state index contributed by atoms with van der Waals surface area (Å²) in [4.78, 5) is 0. The second kappa shape index (κ2) is 6.19. The predicted molar refractivity (Wildman–Crippen MR) is 95.9 cm³/mol. The summed E-state index contributed by atoms with van der Waals surface area (Å²) in [5, 5.41) is 0. The Morgan fingerprint density at radius 2 is 1.18 bits per heavy atom. The van der Waals surface area contributed by atoms with Crippen LogP contribution in [0.1, 0.15) is 35.6 Å². The van der Waals surface area contributed by atoms with Crippen LogP contribution in [0.15, 0.2) is 77.9 Å². The molecule has 0 radical (unpaired) electrons. The van der Waals surface area contributed by atoms with Crippen molar-refractivity contribution in [3.05, 3.63) is 100 Å². The molecule has 22 heavy (non-hydrogen) atoms. The molecule has 1 aliphatic rings. The first-order chi connectivity index (χ1) is 10.6. The van der Waals surface area contributed by atoms with Crippen LogP contribution in [0.4, 0.5) is 0 Å². The van der Waals surface area contributed by atoms with Gasteiger partial charge in [0.1, 0.15) is 0 Å². The van der Waals surface area contributed by atoms with Crippen LogP contribution in [-0.4, -0.2) is 0 Å². The Kier molecular flexibility index (Phi) is 4.11. The Labute approximate surface area is 133 Å². The maximum Gasteiger partial charge on any atom is -0.00762 e.